The Bertz CT molecular complexity index is 1110. The molecule has 0 fully saturated rings. The molecule has 2 aromatic carbocycles. The van der Waals surface area contributed by atoms with Crippen molar-refractivity contribution in [1.82, 2.24) is 9.88 Å². The summed E-state index contributed by atoms with van der Waals surface area (Å²) in [5.74, 6) is -1.76. The molecular formula is C21H18FN3O3S. The summed E-state index contributed by atoms with van der Waals surface area (Å²) in [5, 5.41) is 2.99. The molecule has 1 atom stereocenters. The maximum absolute atomic E-state index is 13.4. The first-order valence-electron chi connectivity index (χ1n) is 9.19. The molecule has 8 heteroatoms. The summed E-state index contributed by atoms with van der Waals surface area (Å²) < 4.78 is 14.0. The Hall–Kier alpha value is -3.13. The highest BCUT2D eigenvalue weighted by Crippen LogP contribution is 2.30. The Kier molecular flexibility index (Phi) is 4.87. The van der Waals surface area contributed by atoms with Gasteiger partial charge in [-0.15, -0.1) is 0 Å². The fourth-order valence-corrected chi connectivity index (χ4v) is 4.30. The molecule has 1 aromatic heterocycles. The van der Waals surface area contributed by atoms with Crippen LogP contribution >= 0.6 is 11.3 Å². The molecule has 1 aliphatic rings. The monoisotopic (exact) mass is 411 g/mol. The van der Waals surface area contributed by atoms with Crippen molar-refractivity contribution >= 4 is 44.4 Å². The number of hydrogen-bond donors (Lipinski definition) is 1. The third kappa shape index (κ3) is 3.51. The summed E-state index contributed by atoms with van der Waals surface area (Å²) in [7, 11) is 0. The molecule has 29 heavy (non-hydrogen) atoms. The fraction of sp³-hybridized carbons (Fsp3) is 0.238. The minimum Gasteiger partial charge on any atom is -0.300 e. The van der Waals surface area contributed by atoms with Crippen LogP contribution in [0, 0.1) is 11.7 Å². The average molecular weight is 411 g/mol. The van der Waals surface area contributed by atoms with Crippen LogP contribution < -0.4 is 5.32 Å². The topological polar surface area (TPSA) is 79.4 Å². The van der Waals surface area contributed by atoms with Crippen LogP contribution in [0.1, 0.15) is 41.0 Å². The van der Waals surface area contributed by atoms with E-state index < -0.39 is 23.8 Å². The van der Waals surface area contributed by atoms with Crippen molar-refractivity contribution < 1.29 is 18.8 Å². The Morgan fingerprint density at radius 2 is 1.79 bits per heavy atom. The van der Waals surface area contributed by atoms with Crippen molar-refractivity contribution in [1.29, 1.82) is 0 Å². The summed E-state index contributed by atoms with van der Waals surface area (Å²) >= 11 is 1.14. The molecule has 0 aliphatic carbocycles. The van der Waals surface area contributed by atoms with Crippen molar-refractivity contribution in [3.63, 3.8) is 0 Å². The van der Waals surface area contributed by atoms with Gasteiger partial charge in [-0.25, -0.2) is 9.37 Å². The fourth-order valence-electron chi connectivity index (χ4n) is 3.41. The van der Waals surface area contributed by atoms with Crippen molar-refractivity contribution in [2.24, 2.45) is 5.92 Å². The Morgan fingerprint density at radius 1 is 1.14 bits per heavy atom. The molecule has 3 amide bonds. The van der Waals surface area contributed by atoms with E-state index in [1.165, 1.54) is 18.2 Å². The first-order valence-corrected chi connectivity index (χ1v) is 10.0. The number of imide groups is 1. The summed E-state index contributed by atoms with van der Waals surface area (Å²) in [6.07, 6.45) is 0.316. The highest BCUT2D eigenvalue weighted by atomic mass is 32.1. The van der Waals surface area contributed by atoms with Gasteiger partial charge in [0.1, 0.15) is 11.9 Å². The van der Waals surface area contributed by atoms with E-state index in [0.29, 0.717) is 32.9 Å². The number of thiazole rings is 1. The number of carbonyl (C=O) groups is 3. The first-order chi connectivity index (χ1) is 13.8. The largest absolute Gasteiger partial charge is 0.300 e. The van der Waals surface area contributed by atoms with E-state index in [0.717, 1.165) is 16.2 Å². The van der Waals surface area contributed by atoms with Crippen LogP contribution in [0.5, 0.6) is 0 Å². The van der Waals surface area contributed by atoms with Gasteiger partial charge < -0.3 is 5.32 Å². The molecule has 148 valence electrons. The molecule has 0 spiro atoms. The molecule has 1 aliphatic heterocycles. The number of fused-ring (bicyclic) bond motifs is 2. The molecule has 1 N–H and O–H groups in total. The van der Waals surface area contributed by atoms with E-state index in [9.17, 15) is 18.8 Å². The lowest BCUT2D eigenvalue weighted by Crippen LogP contribution is -2.47. The number of carbonyl (C=O) groups excluding carboxylic acids is 3. The lowest BCUT2D eigenvalue weighted by Gasteiger charge is -2.26. The second-order valence-corrected chi connectivity index (χ2v) is 8.32. The highest BCUT2D eigenvalue weighted by molar-refractivity contribution is 7.22. The molecule has 0 saturated carbocycles. The molecular weight excluding hydrogens is 393 g/mol. The summed E-state index contributed by atoms with van der Waals surface area (Å²) in [5.41, 5.74) is 1.16. The number of benzene rings is 2. The molecule has 2 heterocycles. The Balaban J connectivity index is 1.63. The molecule has 4 rings (SSSR count). The average Bonchev–Trinajstić information content (AvgIpc) is 3.18. The van der Waals surface area contributed by atoms with Gasteiger partial charge in [0.15, 0.2) is 5.13 Å². The predicted molar refractivity (Wildman–Crippen MR) is 108 cm³/mol. The van der Waals surface area contributed by atoms with Crippen LogP contribution in [-0.2, 0) is 4.79 Å². The van der Waals surface area contributed by atoms with Gasteiger partial charge in [0.25, 0.3) is 11.8 Å². The number of amides is 3. The van der Waals surface area contributed by atoms with Crippen molar-refractivity contribution in [2.45, 2.75) is 26.3 Å². The second-order valence-electron chi connectivity index (χ2n) is 7.29. The van der Waals surface area contributed by atoms with Crippen molar-refractivity contribution in [3.05, 3.63) is 59.4 Å². The zero-order valence-electron chi connectivity index (χ0n) is 15.8. The van der Waals surface area contributed by atoms with Gasteiger partial charge in [-0.2, -0.15) is 0 Å². The van der Waals surface area contributed by atoms with Gasteiger partial charge in [0.2, 0.25) is 5.91 Å². The van der Waals surface area contributed by atoms with Gasteiger partial charge in [0, 0.05) is 0 Å². The lowest BCUT2D eigenvalue weighted by molar-refractivity contribution is -0.120. The molecule has 0 bridgehead atoms. The maximum Gasteiger partial charge on any atom is 0.262 e. The quantitative estimate of drug-likeness (QED) is 0.642. The summed E-state index contributed by atoms with van der Waals surface area (Å²) in [6.45, 7) is 3.83. The van der Waals surface area contributed by atoms with Gasteiger partial charge in [-0.05, 0) is 42.7 Å². The smallest absolute Gasteiger partial charge is 0.262 e. The zero-order valence-corrected chi connectivity index (χ0v) is 16.6. The number of anilines is 1. The first kappa shape index (κ1) is 19.2. The SMILES string of the molecule is CC(C)CC(C(=O)Nc1nc2ccc(F)cc2s1)N1C(=O)c2ccccc2C1=O. The van der Waals surface area contributed by atoms with Crippen LogP contribution in [0.15, 0.2) is 42.5 Å². The van der Waals surface area contributed by atoms with Gasteiger partial charge in [0.05, 0.1) is 21.3 Å². The van der Waals surface area contributed by atoms with Gasteiger partial charge in [-0.3, -0.25) is 19.3 Å². The molecule has 0 saturated heterocycles. The Labute approximate surface area is 170 Å². The van der Waals surface area contributed by atoms with Crippen LogP contribution in [-0.4, -0.2) is 33.6 Å². The summed E-state index contributed by atoms with van der Waals surface area (Å²) in [4.78, 5) is 44.1. The highest BCUT2D eigenvalue weighted by Gasteiger charge is 2.42. The molecule has 0 radical (unpaired) electrons. The van der Waals surface area contributed by atoms with Crippen molar-refractivity contribution in [2.75, 3.05) is 5.32 Å². The van der Waals surface area contributed by atoms with Crippen LogP contribution in [0.4, 0.5) is 9.52 Å². The molecule has 3 aromatic rings. The summed E-state index contributed by atoms with van der Waals surface area (Å²) in [6, 6.07) is 9.76. The molecule has 1 unspecified atom stereocenters. The van der Waals surface area contributed by atoms with Crippen LogP contribution in [0.25, 0.3) is 10.2 Å². The van der Waals surface area contributed by atoms with E-state index in [-0.39, 0.29) is 11.7 Å². The number of halogens is 1. The minimum atomic E-state index is -0.967. The van der Waals surface area contributed by atoms with Gasteiger partial charge >= 0.3 is 0 Å². The number of rotatable bonds is 5. The number of hydrogen-bond acceptors (Lipinski definition) is 5. The van der Waals surface area contributed by atoms with E-state index in [4.69, 9.17) is 0 Å². The normalized spacial score (nSPS) is 14.6. The number of aromatic nitrogens is 1. The minimum absolute atomic E-state index is 0.0690. The lowest BCUT2D eigenvalue weighted by atomic mass is 10.0. The van der Waals surface area contributed by atoms with E-state index in [1.807, 2.05) is 13.8 Å². The van der Waals surface area contributed by atoms with E-state index in [1.54, 1.807) is 24.3 Å². The predicted octanol–water partition coefficient (Wildman–Crippen LogP) is 4.08. The number of nitrogens with zero attached hydrogens (tertiary/aromatic N) is 2. The zero-order chi connectivity index (χ0) is 20.7. The van der Waals surface area contributed by atoms with Crippen LogP contribution in [0.2, 0.25) is 0 Å². The van der Waals surface area contributed by atoms with E-state index >= 15 is 0 Å². The van der Waals surface area contributed by atoms with Crippen LogP contribution in [0.3, 0.4) is 0 Å². The van der Waals surface area contributed by atoms with E-state index in [2.05, 4.69) is 10.3 Å². The van der Waals surface area contributed by atoms with Gasteiger partial charge in [-0.1, -0.05) is 37.3 Å². The molecule has 6 nitrogen and oxygen atoms in total. The van der Waals surface area contributed by atoms with Crippen molar-refractivity contribution in [3.8, 4) is 0 Å². The standard InChI is InChI=1S/C21H18FN3O3S/c1-11(2)9-16(25-19(27)13-5-3-4-6-14(13)20(25)28)18(26)24-21-23-15-8-7-12(22)10-17(15)29-21/h3-8,10-11,16H,9H2,1-2H3,(H,23,24,26). The Morgan fingerprint density at radius 3 is 2.41 bits per heavy atom. The maximum atomic E-state index is 13.4. The third-order valence-corrected chi connectivity index (χ3v) is 5.65. The third-order valence-electron chi connectivity index (χ3n) is 4.72. The number of nitrogens with one attached hydrogen (secondary N) is 1. The second kappa shape index (κ2) is 7.36.